The van der Waals surface area contributed by atoms with E-state index < -0.39 is 12.0 Å². The molecule has 1 saturated carbocycles. The third-order valence-electron chi connectivity index (χ3n) is 2.74. The lowest BCUT2D eigenvalue weighted by molar-refractivity contribution is -0.139. The van der Waals surface area contributed by atoms with Crippen LogP contribution in [0.1, 0.15) is 33.6 Å². The molecule has 0 aromatic carbocycles. The number of hydrogen-bond donors (Lipinski definition) is 3. The van der Waals surface area contributed by atoms with Crippen molar-refractivity contribution in [3.8, 4) is 0 Å². The highest BCUT2D eigenvalue weighted by atomic mass is 16.4. The van der Waals surface area contributed by atoms with E-state index in [0.717, 1.165) is 6.42 Å². The van der Waals surface area contributed by atoms with Gasteiger partial charge in [-0.1, -0.05) is 20.8 Å². The second-order valence-corrected chi connectivity index (χ2v) is 4.96. The first-order chi connectivity index (χ1) is 7.40. The highest BCUT2D eigenvalue weighted by molar-refractivity contribution is 5.82. The van der Waals surface area contributed by atoms with Crippen LogP contribution in [0.15, 0.2) is 0 Å². The van der Waals surface area contributed by atoms with Crippen molar-refractivity contribution in [3.63, 3.8) is 0 Å². The van der Waals surface area contributed by atoms with Crippen LogP contribution in [0.4, 0.5) is 4.79 Å². The normalized spacial score (nSPS) is 25.0. The van der Waals surface area contributed by atoms with E-state index in [1.165, 1.54) is 0 Å². The minimum Gasteiger partial charge on any atom is -0.480 e. The number of rotatable bonds is 5. The molecule has 3 N–H and O–H groups in total. The Hall–Kier alpha value is -1.26. The number of aliphatic carboxylic acids is 1. The van der Waals surface area contributed by atoms with Crippen molar-refractivity contribution >= 4 is 12.0 Å². The van der Waals surface area contributed by atoms with Gasteiger partial charge < -0.3 is 15.7 Å². The largest absolute Gasteiger partial charge is 0.480 e. The molecule has 0 saturated heterocycles. The van der Waals surface area contributed by atoms with E-state index in [0.29, 0.717) is 12.3 Å². The van der Waals surface area contributed by atoms with Crippen LogP contribution in [0.5, 0.6) is 0 Å². The fourth-order valence-corrected chi connectivity index (χ4v) is 1.58. The van der Waals surface area contributed by atoms with Gasteiger partial charge in [0, 0.05) is 6.04 Å². The molecule has 1 aliphatic rings. The predicted octanol–water partition coefficient (Wildman–Crippen LogP) is 1.19. The second kappa shape index (κ2) is 5.18. The highest BCUT2D eigenvalue weighted by Gasteiger charge is 2.34. The fourth-order valence-electron chi connectivity index (χ4n) is 1.58. The lowest BCUT2D eigenvalue weighted by atomic mass is 10.0. The number of hydrogen-bond acceptors (Lipinski definition) is 2. The van der Waals surface area contributed by atoms with Gasteiger partial charge in [-0.15, -0.1) is 0 Å². The minimum absolute atomic E-state index is 0.216. The third kappa shape index (κ3) is 4.08. The van der Waals surface area contributed by atoms with Crippen LogP contribution >= 0.6 is 0 Å². The van der Waals surface area contributed by atoms with Crippen molar-refractivity contribution in [2.75, 3.05) is 0 Å². The smallest absolute Gasteiger partial charge is 0.326 e. The summed E-state index contributed by atoms with van der Waals surface area (Å²) in [5, 5.41) is 14.2. The molecule has 0 aliphatic heterocycles. The summed E-state index contributed by atoms with van der Waals surface area (Å²) in [6.07, 6.45) is 1.43. The minimum atomic E-state index is -0.979. The van der Waals surface area contributed by atoms with Crippen LogP contribution in [-0.2, 0) is 4.79 Å². The molecule has 5 heteroatoms. The molecule has 16 heavy (non-hydrogen) atoms. The molecule has 1 rings (SSSR count). The van der Waals surface area contributed by atoms with Crippen molar-refractivity contribution in [1.29, 1.82) is 0 Å². The van der Waals surface area contributed by atoms with E-state index in [-0.39, 0.29) is 18.0 Å². The van der Waals surface area contributed by atoms with Crippen molar-refractivity contribution in [1.82, 2.24) is 10.6 Å². The monoisotopic (exact) mass is 228 g/mol. The Bertz CT molecular complexity index is 278. The first kappa shape index (κ1) is 12.8. The zero-order chi connectivity index (χ0) is 12.3. The fraction of sp³-hybridized carbons (Fsp3) is 0.818. The van der Waals surface area contributed by atoms with E-state index >= 15 is 0 Å². The zero-order valence-corrected chi connectivity index (χ0v) is 9.99. The summed E-state index contributed by atoms with van der Waals surface area (Å²) >= 11 is 0. The number of carbonyl (C=O) groups is 2. The molecule has 5 nitrogen and oxygen atoms in total. The van der Waals surface area contributed by atoms with Crippen molar-refractivity contribution in [2.24, 2.45) is 11.8 Å². The van der Waals surface area contributed by atoms with Crippen LogP contribution in [0.25, 0.3) is 0 Å². The van der Waals surface area contributed by atoms with Crippen LogP contribution < -0.4 is 10.6 Å². The van der Waals surface area contributed by atoms with Crippen LogP contribution in [-0.4, -0.2) is 29.2 Å². The van der Waals surface area contributed by atoms with Crippen LogP contribution in [0, 0.1) is 11.8 Å². The van der Waals surface area contributed by atoms with E-state index in [9.17, 15) is 9.59 Å². The maximum atomic E-state index is 11.4. The Morgan fingerprint density at radius 3 is 2.38 bits per heavy atom. The van der Waals surface area contributed by atoms with E-state index in [2.05, 4.69) is 10.6 Å². The van der Waals surface area contributed by atoms with Gasteiger partial charge in [0.05, 0.1) is 0 Å². The Morgan fingerprint density at radius 2 is 2.00 bits per heavy atom. The molecule has 0 radical (unpaired) electrons. The zero-order valence-electron chi connectivity index (χ0n) is 9.99. The molecule has 0 aromatic heterocycles. The molecular weight excluding hydrogens is 208 g/mol. The summed E-state index contributed by atoms with van der Waals surface area (Å²) in [6.45, 7) is 5.91. The molecule has 1 fully saturated rings. The number of carboxylic acid groups (broad SMARTS) is 1. The van der Waals surface area contributed by atoms with Crippen LogP contribution in [0.2, 0.25) is 0 Å². The lowest BCUT2D eigenvalue weighted by Gasteiger charge is -2.16. The number of nitrogens with one attached hydrogen (secondary N) is 2. The molecule has 0 spiro atoms. The van der Waals surface area contributed by atoms with Crippen molar-refractivity contribution in [3.05, 3.63) is 0 Å². The average Bonchev–Trinajstić information content (AvgIpc) is 2.79. The van der Waals surface area contributed by atoms with Gasteiger partial charge in [0.1, 0.15) is 6.04 Å². The Kier molecular flexibility index (Phi) is 4.15. The Labute approximate surface area is 95.6 Å². The standard InChI is InChI=1S/C11H20N2O3/c1-6(2)4-9(10(14)15)13-11(16)12-8-5-7(8)3/h6-9H,4-5H2,1-3H3,(H,14,15)(H2,12,13,16). The maximum absolute atomic E-state index is 11.4. The summed E-state index contributed by atoms with van der Waals surface area (Å²) in [6, 6.07) is -0.954. The van der Waals surface area contributed by atoms with E-state index in [1.807, 2.05) is 20.8 Å². The summed E-state index contributed by atoms with van der Waals surface area (Å²) < 4.78 is 0. The SMILES string of the molecule is CC(C)CC(NC(=O)NC1CC1C)C(=O)O. The number of carboxylic acids is 1. The quantitative estimate of drug-likeness (QED) is 0.661. The number of urea groups is 1. The molecule has 92 valence electrons. The van der Waals surface area contributed by atoms with Gasteiger partial charge in [-0.05, 0) is 24.7 Å². The van der Waals surface area contributed by atoms with Crippen molar-refractivity contribution in [2.45, 2.75) is 45.7 Å². The van der Waals surface area contributed by atoms with Crippen molar-refractivity contribution < 1.29 is 14.7 Å². The van der Waals surface area contributed by atoms with Gasteiger partial charge in [-0.3, -0.25) is 0 Å². The molecule has 0 heterocycles. The molecule has 0 bridgehead atoms. The maximum Gasteiger partial charge on any atom is 0.326 e. The van der Waals surface area contributed by atoms with Crippen LogP contribution in [0.3, 0.4) is 0 Å². The van der Waals surface area contributed by atoms with E-state index in [4.69, 9.17) is 5.11 Å². The van der Waals surface area contributed by atoms with Gasteiger partial charge in [0.25, 0.3) is 0 Å². The predicted molar refractivity (Wildman–Crippen MR) is 60.1 cm³/mol. The summed E-state index contributed by atoms with van der Waals surface area (Å²) in [4.78, 5) is 22.3. The van der Waals surface area contributed by atoms with Gasteiger partial charge in [0.2, 0.25) is 0 Å². The van der Waals surface area contributed by atoms with Gasteiger partial charge in [-0.25, -0.2) is 9.59 Å². The summed E-state index contributed by atoms with van der Waals surface area (Å²) in [5.41, 5.74) is 0. The summed E-state index contributed by atoms with van der Waals surface area (Å²) in [7, 11) is 0. The summed E-state index contributed by atoms with van der Waals surface area (Å²) in [5.74, 6) is -0.229. The first-order valence-corrected chi connectivity index (χ1v) is 5.70. The highest BCUT2D eigenvalue weighted by Crippen LogP contribution is 2.28. The Balaban J connectivity index is 2.35. The third-order valence-corrected chi connectivity index (χ3v) is 2.74. The van der Waals surface area contributed by atoms with Gasteiger partial charge >= 0.3 is 12.0 Å². The number of amides is 2. The first-order valence-electron chi connectivity index (χ1n) is 5.70. The van der Waals surface area contributed by atoms with Gasteiger partial charge in [-0.2, -0.15) is 0 Å². The Morgan fingerprint density at radius 1 is 1.44 bits per heavy atom. The topological polar surface area (TPSA) is 78.4 Å². The molecule has 0 aromatic rings. The number of carbonyl (C=O) groups excluding carboxylic acids is 1. The lowest BCUT2D eigenvalue weighted by Crippen LogP contribution is -2.47. The second-order valence-electron chi connectivity index (χ2n) is 4.96. The molecule has 2 amide bonds. The molecule has 1 aliphatic carbocycles. The van der Waals surface area contributed by atoms with Gasteiger partial charge in [0.15, 0.2) is 0 Å². The average molecular weight is 228 g/mol. The molecule has 3 unspecified atom stereocenters. The molecule has 3 atom stereocenters. The van der Waals surface area contributed by atoms with E-state index in [1.54, 1.807) is 0 Å². The molecular formula is C11H20N2O3.